The Kier molecular flexibility index (Phi) is 5.37. The number of halogens is 1. The molecule has 134 valence electrons. The Bertz CT molecular complexity index is 923. The minimum atomic E-state index is -0.243. The zero-order valence-corrected chi connectivity index (χ0v) is 16.3. The number of ether oxygens (including phenoxy) is 1. The van der Waals surface area contributed by atoms with Gasteiger partial charge in [-0.25, -0.2) is 9.67 Å². The molecule has 7 heteroatoms. The quantitative estimate of drug-likeness (QED) is 0.670. The van der Waals surface area contributed by atoms with Crippen molar-refractivity contribution in [3.63, 3.8) is 0 Å². The summed E-state index contributed by atoms with van der Waals surface area (Å²) in [6, 6.07) is 11.0. The van der Waals surface area contributed by atoms with E-state index in [1.54, 1.807) is 36.3 Å². The second-order valence-electron chi connectivity index (χ2n) is 6.00. The molecule has 0 atom stereocenters. The van der Waals surface area contributed by atoms with E-state index in [0.29, 0.717) is 22.8 Å². The Hall–Kier alpha value is -2.67. The van der Waals surface area contributed by atoms with E-state index in [1.807, 2.05) is 38.1 Å². The molecule has 1 amide bonds. The third-order valence-corrected chi connectivity index (χ3v) is 4.37. The molecule has 3 rings (SSSR count). The first-order chi connectivity index (χ1) is 12.5. The van der Waals surface area contributed by atoms with Crippen LogP contribution in [0.25, 0.3) is 5.82 Å². The number of nitrogens with zero attached hydrogens (tertiary/aromatic N) is 3. The number of pyridine rings is 1. The minimum Gasteiger partial charge on any atom is -0.495 e. The summed E-state index contributed by atoms with van der Waals surface area (Å²) in [6.07, 6.45) is 3.27. The summed E-state index contributed by atoms with van der Waals surface area (Å²) in [7, 11) is 1.57. The number of methoxy groups -OCH3 is 1. The topological polar surface area (TPSA) is 69.0 Å². The SMILES string of the molecule is COc1ccc(Br)cc1NC(=O)c1cnn(-c2ccccn2)c1C(C)C. The van der Waals surface area contributed by atoms with Crippen LogP contribution in [-0.4, -0.2) is 27.8 Å². The maximum Gasteiger partial charge on any atom is 0.259 e. The van der Waals surface area contributed by atoms with E-state index in [0.717, 1.165) is 10.2 Å². The maximum atomic E-state index is 12.9. The van der Waals surface area contributed by atoms with Crippen LogP contribution in [0.4, 0.5) is 5.69 Å². The van der Waals surface area contributed by atoms with Gasteiger partial charge in [-0.3, -0.25) is 4.79 Å². The lowest BCUT2D eigenvalue weighted by Gasteiger charge is -2.13. The molecule has 0 unspecified atom stereocenters. The number of benzene rings is 1. The van der Waals surface area contributed by atoms with Gasteiger partial charge in [-0.1, -0.05) is 35.8 Å². The fourth-order valence-corrected chi connectivity index (χ4v) is 3.08. The summed E-state index contributed by atoms with van der Waals surface area (Å²) < 4.78 is 7.88. The summed E-state index contributed by atoms with van der Waals surface area (Å²) in [6.45, 7) is 4.04. The van der Waals surface area contributed by atoms with Gasteiger partial charge < -0.3 is 10.1 Å². The van der Waals surface area contributed by atoms with Crippen molar-refractivity contribution in [2.24, 2.45) is 0 Å². The second kappa shape index (κ2) is 7.70. The monoisotopic (exact) mass is 414 g/mol. The zero-order valence-electron chi connectivity index (χ0n) is 14.7. The second-order valence-corrected chi connectivity index (χ2v) is 6.91. The molecule has 0 aliphatic rings. The summed E-state index contributed by atoms with van der Waals surface area (Å²) >= 11 is 3.41. The average molecular weight is 415 g/mol. The Balaban J connectivity index is 1.98. The first kappa shape index (κ1) is 18.1. The van der Waals surface area contributed by atoms with Gasteiger partial charge in [0, 0.05) is 10.7 Å². The smallest absolute Gasteiger partial charge is 0.259 e. The number of nitrogens with one attached hydrogen (secondary N) is 1. The number of anilines is 1. The Labute approximate surface area is 160 Å². The van der Waals surface area contributed by atoms with Crippen molar-refractivity contribution in [3.05, 3.63) is 64.5 Å². The van der Waals surface area contributed by atoms with Crippen molar-refractivity contribution in [2.45, 2.75) is 19.8 Å². The number of carbonyl (C=O) groups excluding carboxylic acids is 1. The van der Waals surface area contributed by atoms with Crippen LogP contribution in [0.15, 0.2) is 53.3 Å². The molecule has 1 N–H and O–H groups in total. The highest BCUT2D eigenvalue weighted by Gasteiger charge is 2.22. The van der Waals surface area contributed by atoms with E-state index in [-0.39, 0.29) is 11.8 Å². The molecule has 0 radical (unpaired) electrons. The third kappa shape index (κ3) is 3.62. The van der Waals surface area contributed by atoms with Crippen LogP contribution in [-0.2, 0) is 0 Å². The van der Waals surface area contributed by atoms with E-state index >= 15 is 0 Å². The van der Waals surface area contributed by atoms with E-state index < -0.39 is 0 Å². The van der Waals surface area contributed by atoms with Gasteiger partial charge in [0.25, 0.3) is 5.91 Å². The molecule has 26 heavy (non-hydrogen) atoms. The number of amides is 1. The van der Waals surface area contributed by atoms with Crippen molar-refractivity contribution in [3.8, 4) is 11.6 Å². The number of hydrogen-bond acceptors (Lipinski definition) is 4. The molecule has 0 fully saturated rings. The highest BCUT2D eigenvalue weighted by Crippen LogP contribution is 2.29. The summed E-state index contributed by atoms with van der Waals surface area (Å²) in [4.78, 5) is 17.2. The molecule has 6 nitrogen and oxygen atoms in total. The van der Waals surface area contributed by atoms with Crippen LogP contribution < -0.4 is 10.1 Å². The lowest BCUT2D eigenvalue weighted by atomic mass is 10.1. The molecule has 1 aromatic carbocycles. The highest BCUT2D eigenvalue weighted by molar-refractivity contribution is 9.10. The predicted octanol–water partition coefficient (Wildman–Crippen LogP) is 4.41. The largest absolute Gasteiger partial charge is 0.495 e. The first-order valence-corrected chi connectivity index (χ1v) is 8.94. The highest BCUT2D eigenvalue weighted by atomic mass is 79.9. The van der Waals surface area contributed by atoms with Gasteiger partial charge in [-0.2, -0.15) is 5.10 Å². The summed E-state index contributed by atoms with van der Waals surface area (Å²) in [5, 5.41) is 7.29. The van der Waals surface area contributed by atoms with Gasteiger partial charge in [0.15, 0.2) is 5.82 Å². The van der Waals surface area contributed by atoms with Crippen molar-refractivity contribution in [1.29, 1.82) is 0 Å². The molecule has 2 heterocycles. The van der Waals surface area contributed by atoms with Crippen LogP contribution in [0, 0.1) is 0 Å². The lowest BCUT2D eigenvalue weighted by molar-refractivity contribution is 0.102. The first-order valence-electron chi connectivity index (χ1n) is 8.15. The summed E-state index contributed by atoms with van der Waals surface area (Å²) in [5.74, 6) is 1.11. The Morgan fingerprint density at radius 3 is 2.73 bits per heavy atom. The van der Waals surface area contributed by atoms with Crippen molar-refractivity contribution in [2.75, 3.05) is 12.4 Å². The van der Waals surface area contributed by atoms with Crippen LogP contribution in [0.5, 0.6) is 5.75 Å². The summed E-state index contributed by atoms with van der Waals surface area (Å²) in [5.41, 5.74) is 1.90. The number of carbonyl (C=O) groups is 1. The zero-order chi connectivity index (χ0) is 18.7. The van der Waals surface area contributed by atoms with Crippen LogP contribution in [0.2, 0.25) is 0 Å². The number of hydrogen-bond donors (Lipinski definition) is 1. The van der Waals surface area contributed by atoms with Gasteiger partial charge in [-0.05, 0) is 36.2 Å². The van der Waals surface area contributed by atoms with Crippen molar-refractivity contribution in [1.82, 2.24) is 14.8 Å². The van der Waals surface area contributed by atoms with Crippen LogP contribution in [0.3, 0.4) is 0 Å². The molecule has 0 aliphatic heterocycles. The van der Waals surface area contributed by atoms with E-state index in [2.05, 4.69) is 31.3 Å². The number of aromatic nitrogens is 3. The van der Waals surface area contributed by atoms with Crippen LogP contribution in [0.1, 0.15) is 35.8 Å². The third-order valence-electron chi connectivity index (χ3n) is 3.87. The van der Waals surface area contributed by atoms with Crippen LogP contribution >= 0.6 is 15.9 Å². The number of rotatable bonds is 5. The molecule has 3 aromatic rings. The average Bonchev–Trinajstić information content (AvgIpc) is 3.08. The Morgan fingerprint density at radius 1 is 1.27 bits per heavy atom. The fourth-order valence-electron chi connectivity index (χ4n) is 2.72. The standard InChI is InChI=1S/C19H19BrN4O2/c1-12(2)18-14(11-22-24(18)17-6-4-5-9-21-17)19(25)23-15-10-13(20)7-8-16(15)26-3/h4-12H,1-3H3,(H,23,25). The van der Waals surface area contributed by atoms with E-state index in [1.165, 1.54) is 0 Å². The van der Waals surface area contributed by atoms with E-state index in [4.69, 9.17) is 4.74 Å². The molecular formula is C19H19BrN4O2. The van der Waals surface area contributed by atoms with Gasteiger partial charge >= 0.3 is 0 Å². The molecule has 0 spiro atoms. The van der Waals surface area contributed by atoms with Crippen molar-refractivity contribution >= 4 is 27.5 Å². The van der Waals surface area contributed by atoms with Gasteiger partial charge in [0.2, 0.25) is 0 Å². The molecule has 2 aromatic heterocycles. The minimum absolute atomic E-state index is 0.0876. The molecular weight excluding hydrogens is 396 g/mol. The van der Waals surface area contributed by atoms with Gasteiger partial charge in [-0.15, -0.1) is 0 Å². The van der Waals surface area contributed by atoms with Gasteiger partial charge in [0.1, 0.15) is 5.75 Å². The normalized spacial score (nSPS) is 10.8. The predicted molar refractivity (Wildman–Crippen MR) is 104 cm³/mol. The fraction of sp³-hybridized carbons (Fsp3) is 0.211. The lowest BCUT2D eigenvalue weighted by Crippen LogP contribution is -2.16. The Morgan fingerprint density at radius 2 is 2.08 bits per heavy atom. The van der Waals surface area contributed by atoms with Crippen molar-refractivity contribution < 1.29 is 9.53 Å². The maximum absolute atomic E-state index is 12.9. The molecule has 0 bridgehead atoms. The molecule has 0 aliphatic carbocycles. The van der Waals surface area contributed by atoms with E-state index in [9.17, 15) is 4.79 Å². The molecule has 0 saturated carbocycles. The van der Waals surface area contributed by atoms with Gasteiger partial charge in [0.05, 0.1) is 30.3 Å². The molecule has 0 saturated heterocycles.